The predicted molar refractivity (Wildman–Crippen MR) is 130 cm³/mol. The van der Waals surface area contributed by atoms with Crippen molar-refractivity contribution in [1.29, 1.82) is 0 Å². The number of carbonyl (C=O) groups excluding carboxylic acids is 1. The molecule has 0 aliphatic carbocycles. The van der Waals surface area contributed by atoms with E-state index >= 15 is 0 Å². The lowest BCUT2D eigenvalue weighted by Gasteiger charge is -2.23. The van der Waals surface area contributed by atoms with Gasteiger partial charge in [0.1, 0.15) is 0 Å². The SMILES string of the molecule is Cc1cc(C(N)=O)nn1-c1ccc2c(ccn2Cc2ccc(C3=CCN(C(=O)O)CC3)cc2)c1. The lowest BCUT2D eigenvalue weighted by molar-refractivity contribution is 0.0995. The fourth-order valence-electron chi connectivity index (χ4n) is 4.44. The normalized spacial score (nSPS) is 13.8. The van der Waals surface area contributed by atoms with Gasteiger partial charge in [0.2, 0.25) is 0 Å². The van der Waals surface area contributed by atoms with Crippen LogP contribution in [0.5, 0.6) is 0 Å². The van der Waals surface area contributed by atoms with E-state index in [9.17, 15) is 9.59 Å². The number of nitrogens with zero attached hydrogens (tertiary/aromatic N) is 4. The first kappa shape index (κ1) is 21.5. The van der Waals surface area contributed by atoms with Gasteiger partial charge in [-0.2, -0.15) is 5.10 Å². The van der Waals surface area contributed by atoms with Crippen LogP contribution in [0.15, 0.2) is 66.9 Å². The van der Waals surface area contributed by atoms with E-state index < -0.39 is 12.0 Å². The second kappa shape index (κ2) is 8.55. The Balaban J connectivity index is 1.34. The lowest BCUT2D eigenvalue weighted by Crippen LogP contribution is -2.33. The van der Waals surface area contributed by atoms with Gasteiger partial charge in [-0.1, -0.05) is 30.3 Å². The van der Waals surface area contributed by atoms with Crippen molar-refractivity contribution in [2.75, 3.05) is 13.1 Å². The smallest absolute Gasteiger partial charge is 0.407 e. The van der Waals surface area contributed by atoms with Crippen molar-refractivity contribution in [2.45, 2.75) is 19.9 Å². The highest BCUT2D eigenvalue weighted by atomic mass is 16.4. The number of benzene rings is 2. The number of carbonyl (C=O) groups is 2. The van der Waals surface area contributed by atoms with Gasteiger partial charge in [-0.3, -0.25) is 4.79 Å². The second-order valence-corrected chi connectivity index (χ2v) is 8.54. The molecule has 5 rings (SSSR count). The third-order valence-electron chi connectivity index (χ3n) is 6.30. The number of aryl methyl sites for hydroxylation is 1. The van der Waals surface area contributed by atoms with Gasteiger partial charge in [-0.25, -0.2) is 9.48 Å². The largest absolute Gasteiger partial charge is 0.465 e. The summed E-state index contributed by atoms with van der Waals surface area (Å²) < 4.78 is 3.93. The van der Waals surface area contributed by atoms with Gasteiger partial charge in [-0.15, -0.1) is 0 Å². The van der Waals surface area contributed by atoms with E-state index in [0.717, 1.165) is 40.8 Å². The average Bonchev–Trinajstić information content (AvgIpc) is 3.43. The van der Waals surface area contributed by atoms with Gasteiger partial charge in [-0.05, 0) is 60.4 Å². The number of aromatic nitrogens is 3. The number of amides is 2. The van der Waals surface area contributed by atoms with Gasteiger partial charge < -0.3 is 20.3 Å². The van der Waals surface area contributed by atoms with Crippen LogP contribution >= 0.6 is 0 Å². The Morgan fingerprint density at radius 3 is 2.53 bits per heavy atom. The molecule has 1 aliphatic heterocycles. The summed E-state index contributed by atoms with van der Waals surface area (Å²) in [6.45, 7) is 3.60. The molecular weight excluding hydrogens is 430 g/mol. The highest BCUT2D eigenvalue weighted by Crippen LogP contribution is 2.25. The minimum atomic E-state index is -0.869. The van der Waals surface area contributed by atoms with Crippen LogP contribution < -0.4 is 5.73 Å². The molecule has 0 atom stereocenters. The van der Waals surface area contributed by atoms with Gasteiger partial charge in [0, 0.05) is 42.4 Å². The van der Waals surface area contributed by atoms with Crippen LogP contribution in [0.25, 0.3) is 22.2 Å². The van der Waals surface area contributed by atoms with Crippen molar-refractivity contribution in [1.82, 2.24) is 19.2 Å². The zero-order chi connectivity index (χ0) is 23.8. The minimum absolute atomic E-state index is 0.252. The Kier molecular flexibility index (Phi) is 5.41. The molecule has 0 bridgehead atoms. The quantitative estimate of drug-likeness (QED) is 0.473. The molecule has 8 heteroatoms. The molecule has 0 fully saturated rings. The van der Waals surface area contributed by atoms with Gasteiger partial charge in [0.05, 0.1) is 5.69 Å². The van der Waals surface area contributed by atoms with Crippen molar-refractivity contribution in [3.05, 3.63) is 89.4 Å². The van der Waals surface area contributed by atoms with Crippen molar-refractivity contribution >= 4 is 28.5 Å². The molecule has 1 aliphatic rings. The molecule has 2 amide bonds. The van der Waals surface area contributed by atoms with E-state index in [1.165, 1.54) is 16.0 Å². The Morgan fingerprint density at radius 2 is 1.88 bits per heavy atom. The number of hydrogen-bond donors (Lipinski definition) is 2. The van der Waals surface area contributed by atoms with E-state index in [4.69, 9.17) is 10.8 Å². The first-order chi connectivity index (χ1) is 16.4. The topological polar surface area (TPSA) is 106 Å². The Morgan fingerprint density at radius 1 is 1.09 bits per heavy atom. The molecule has 172 valence electrons. The molecule has 0 unspecified atom stereocenters. The number of fused-ring (bicyclic) bond motifs is 1. The third-order valence-corrected chi connectivity index (χ3v) is 6.30. The predicted octanol–water partition coefficient (Wildman–Crippen LogP) is 4.05. The Bertz CT molecular complexity index is 1430. The molecule has 0 spiro atoms. The number of primary amides is 1. The summed E-state index contributed by atoms with van der Waals surface area (Å²) in [5.41, 5.74) is 12.0. The first-order valence-corrected chi connectivity index (χ1v) is 11.1. The highest BCUT2D eigenvalue weighted by molar-refractivity contribution is 5.91. The summed E-state index contributed by atoms with van der Waals surface area (Å²) in [5, 5.41) is 14.5. The average molecular weight is 456 g/mol. The van der Waals surface area contributed by atoms with E-state index in [1.807, 2.05) is 19.1 Å². The first-order valence-electron chi connectivity index (χ1n) is 11.1. The molecule has 2 aromatic heterocycles. The third kappa shape index (κ3) is 4.05. The molecule has 2 aromatic carbocycles. The maximum Gasteiger partial charge on any atom is 0.407 e. The van der Waals surface area contributed by atoms with Gasteiger partial charge in [0.25, 0.3) is 5.91 Å². The fraction of sp³-hybridized carbons (Fsp3) is 0.192. The summed E-state index contributed by atoms with van der Waals surface area (Å²) >= 11 is 0. The van der Waals surface area contributed by atoms with Gasteiger partial charge >= 0.3 is 6.09 Å². The molecule has 34 heavy (non-hydrogen) atoms. The Hall–Kier alpha value is -4.33. The maximum atomic E-state index is 11.5. The van der Waals surface area contributed by atoms with Gasteiger partial charge in [0.15, 0.2) is 5.69 Å². The van der Waals surface area contributed by atoms with Crippen molar-refractivity contribution in [2.24, 2.45) is 5.73 Å². The molecule has 4 aromatic rings. The number of hydrogen-bond acceptors (Lipinski definition) is 3. The number of nitrogens with two attached hydrogens (primary N) is 1. The van der Waals surface area contributed by atoms with Crippen LogP contribution in [0.3, 0.4) is 0 Å². The monoisotopic (exact) mass is 455 g/mol. The standard InChI is InChI=1S/C26H25N5O3/c1-17-14-23(25(27)32)28-31(17)22-6-7-24-21(15-22)10-13-30(24)16-18-2-4-19(5-3-18)20-8-11-29(12-9-20)26(33)34/h2-8,10,13-15H,9,11-12,16H2,1H3,(H2,27,32)(H,33,34). The van der Waals surface area contributed by atoms with Crippen LogP contribution in [0.4, 0.5) is 4.79 Å². The number of carboxylic acid groups (broad SMARTS) is 1. The zero-order valence-corrected chi connectivity index (χ0v) is 18.8. The van der Waals surface area contributed by atoms with E-state index in [-0.39, 0.29) is 5.69 Å². The van der Waals surface area contributed by atoms with Crippen LogP contribution in [0, 0.1) is 6.92 Å². The molecular formula is C26H25N5O3. The van der Waals surface area contributed by atoms with Crippen molar-refractivity contribution in [3.8, 4) is 5.69 Å². The van der Waals surface area contributed by atoms with Crippen LogP contribution in [-0.2, 0) is 6.54 Å². The highest BCUT2D eigenvalue weighted by Gasteiger charge is 2.17. The Labute approximate surface area is 196 Å². The molecule has 0 saturated carbocycles. The lowest BCUT2D eigenvalue weighted by atomic mass is 9.98. The summed E-state index contributed by atoms with van der Waals surface area (Å²) in [6, 6.07) is 18.3. The second-order valence-electron chi connectivity index (χ2n) is 8.54. The van der Waals surface area contributed by atoms with Crippen LogP contribution in [-0.4, -0.2) is 49.4 Å². The van der Waals surface area contributed by atoms with E-state index in [1.54, 1.807) is 10.7 Å². The fourth-order valence-corrected chi connectivity index (χ4v) is 4.44. The summed E-state index contributed by atoms with van der Waals surface area (Å²) in [6.07, 6.45) is 3.92. The van der Waals surface area contributed by atoms with Crippen LogP contribution in [0.2, 0.25) is 0 Å². The minimum Gasteiger partial charge on any atom is -0.465 e. The molecule has 0 saturated heterocycles. The number of rotatable bonds is 5. The summed E-state index contributed by atoms with van der Waals surface area (Å²) in [4.78, 5) is 24.0. The van der Waals surface area contributed by atoms with Crippen molar-refractivity contribution < 1.29 is 14.7 Å². The van der Waals surface area contributed by atoms with Crippen molar-refractivity contribution in [3.63, 3.8) is 0 Å². The molecule has 8 nitrogen and oxygen atoms in total. The van der Waals surface area contributed by atoms with E-state index in [0.29, 0.717) is 13.1 Å². The molecule has 3 heterocycles. The molecule has 3 N–H and O–H groups in total. The summed E-state index contributed by atoms with van der Waals surface area (Å²) in [5.74, 6) is -0.540. The van der Waals surface area contributed by atoms with Crippen LogP contribution in [0.1, 0.15) is 33.7 Å². The van der Waals surface area contributed by atoms with E-state index in [2.05, 4.69) is 58.3 Å². The zero-order valence-electron chi connectivity index (χ0n) is 18.8. The summed E-state index contributed by atoms with van der Waals surface area (Å²) in [7, 11) is 0. The molecule has 0 radical (unpaired) electrons. The maximum absolute atomic E-state index is 11.5.